The summed E-state index contributed by atoms with van der Waals surface area (Å²) < 4.78 is 20.6. The van der Waals surface area contributed by atoms with E-state index in [1.807, 2.05) is 0 Å². The molecular formula is C9H10O4. The summed E-state index contributed by atoms with van der Waals surface area (Å²) in [7, 11) is 3.17. The lowest BCUT2D eigenvalue weighted by Crippen LogP contribution is -1.92. The van der Waals surface area contributed by atoms with E-state index in [0.29, 0.717) is 23.0 Å². The normalized spacial score (nSPS) is 12.8. The van der Waals surface area contributed by atoms with Gasteiger partial charge in [-0.3, -0.25) is 0 Å². The van der Waals surface area contributed by atoms with Crippen LogP contribution in [-0.2, 0) is 0 Å². The Labute approximate surface area is 76.0 Å². The van der Waals surface area contributed by atoms with Gasteiger partial charge in [-0.05, 0) is 0 Å². The third kappa shape index (κ3) is 1.24. The van der Waals surface area contributed by atoms with Crippen LogP contribution in [0.4, 0.5) is 0 Å². The Kier molecular flexibility index (Phi) is 1.88. The van der Waals surface area contributed by atoms with Crippen molar-refractivity contribution in [3.8, 4) is 23.0 Å². The highest BCUT2D eigenvalue weighted by molar-refractivity contribution is 5.55. The molecule has 1 aromatic carbocycles. The molecule has 4 nitrogen and oxygen atoms in total. The van der Waals surface area contributed by atoms with Gasteiger partial charge in [0.05, 0.1) is 14.2 Å². The zero-order chi connectivity index (χ0) is 9.26. The number of hydrogen-bond donors (Lipinski definition) is 0. The van der Waals surface area contributed by atoms with Crippen molar-refractivity contribution in [2.75, 3.05) is 21.0 Å². The molecule has 0 aromatic heterocycles. The molecule has 0 aliphatic carbocycles. The van der Waals surface area contributed by atoms with Crippen molar-refractivity contribution in [1.82, 2.24) is 0 Å². The second kappa shape index (κ2) is 3.05. The van der Waals surface area contributed by atoms with Gasteiger partial charge in [0.15, 0.2) is 23.0 Å². The summed E-state index contributed by atoms with van der Waals surface area (Å²) in [6.45, 7) is 0.256. The number of rotatable bonds is 2. The average molecular weight is 182 g/mol. The summed E-state index contributed by atoms with van der Waals surface area (Å²) >= 11 is 0. The minimum Gasteiger partial charge on any atom is -0.493 e. The molecule has 0 N–H and O–H groups in total. The average Bonchev–Trinajstić information content (AvgIpc) is 2.62. The summed E-state index contributed by atoms with van der Waals surface area (Å²) in [5.41, 5.74) is 0. The van der Waals surface area contributed by atoms with E-state index in [-0.39, 0.29) is 6.79 Å². The molecule has 0 fully saturated rings. The van der Waals surface area contributed by atoms with Crippen molar-refractivity contribution in [3.05, 3.63) is 12.1 Å². The van der Waals surface area contributed by atoms with Gasteiger partial charge in [0, 0.05) is 12.1 Å². The minimum absolute atomic E-state index is 0.256. The summed E-state index contributed by atoms with van der Waals surface area (Å²) in [6, 6.07) is 3.50. The first-order chi connectivity index (χ1) is 6.35. The van der Waals surface area contributed by atoms with Crippen molar-refractivity contribution in [3.63, 3.8) is 0 Å². The molecular weight excluding hydrogens is 172 g/mol. The Bertz CT molecular complexity index is 291. The monoisotopic (exact) mass is 182 g/mol. The van der Waals surface area contributed by atoms with Gasteiger partial charge < -0.3 is 18.9 Å². The molecule has 1 aromatic rings. The predicted molar refractivity (Wildman–Crippen MR) is 45.7 cm³/mol. The Morgan fingerprint density at radius 3 is 1.85 bits per heavy atom. The van der Waals surface area contributed by atoms with E-state index in [4.69, 9.17) is 18.9 Å². The maximum atomic E-state index is 5.18. The van der Waals surface area contributed by atoms with E-state index in [2.05, 4.69) is 0 Å². The number of fused-ring (bicyclic) bond motifs is 1. The zero-order valence-corrected chi connectivity index (χ0v) is 7.49. The van der Waals surface area contributed by atoms with Crippen LogP contribution < -0.4 is 18.9 Å². The predicted octanol–water partition coefficient (Wildman–Crippen LogP) is 1.43. The fraction of sp³-hybridized carbons (Fsp3) is 0.333. The quantitative estimate of drug-likeness (QED) is 0.693. The Balaban J connectivity index is 2.47. The van der Waals surface area contributed by atoms with Gasteiger partial charge in [-0.15, -0.1) is 0 Å². The van der Waals surface area contributed by atoms with Crippen molar-refractivity contribution in [2.24, 2.45) is 0 Å². The lowest BCUT2D eigenvalue weighted by molar-refractivity contribution is 0.173. The van der Waals surface area contributed by atoms with E-state index in [0.717, 1.165) is 0 Å². The number of methoxy groups -OCH3 is 2. The van der Waals surface area contributed by atoms with Gasteiger partial charge in [0.2, 0.25) is 6.79 Å². The number of ether oxygens (including phenoxy) is 4. The molecule has 0 spiro atoms. The van der Waals surface area contributed by atoms with E-state index in [1.165, 1.54) is 0 Å². The Hall–Kier alpha value is -1.58. The first-order valence-electron chi connectivity index (χ1n) is 3.87. The van der Waals surface area contributed by atoms with Crippen molar-refractivity contribution in [1.29, 1.82) is 0 Å². The second-order valence-corrected chi connectivity index (χ2v) is 2.56. The fourth-order valence-electron chi connectivity index (χ4n) is 1.22. The molecule has 0 amide bonds. The van der Waals surface area contributed by atoms with Gasteiger partial charge in [-0.2, -0.15) is 0 Å². The minimum atomic E-state index is 0.256. The van der Waals surface area contributed by atoms with E-state index >= 15 is 0 Å². The standard InChI is InChI=1S/C9H10O4/c1-10-6-3-8-9(13-5-12-8)4-7(6)11-2/h3-4H,5H2,1-2H3. The third-order valence-electron chi connectivity index (χ3n) is 1.88. The molecule has 1 aliphatic heterocycles. The van der Waals surface area contributed by atoms with Gasteiger partial charge in [0.1, 0.15) is 0 Å². The Morgan fingerprint density at radius 2 is 1.46 bits per heavy atom. The highest BCUT2D eigenvalue weighted by Crippen LogP contribution is 2.41. The van der Waals surface area contributed by atoms with Crippen LogP contribution in [0.2, 0.25) is 0 Å². The molecule has 0 atom stereocenters. The summed E-state index contributed by atoms with van der Waals surface area (Å²) in [5.74, 6) is 2.67. The van der Waals surface area contributed by atoms with Crippen molar-refractivity contribution >= 4 is 0 Å². The Morgan fingerprint density at radius 1 is 1.00 bits per heavy atom. The van der Waals surface area contributed by atoms with Crippen molar-refractivity contribution in [2.45, 2.75) is 0 Å². The number of benzene rings is 1. The van der Waals surface area contributed by atoms with Crippen LogP contribution >= 0.6 is 0 Å². The number of hydrogen-bond acceptors (Lipinski definition) is 4. The molecule has 0 unspecified atom stereocenters. The van der Waals surface area contributed by atoms with Crippen molar-refractivity contribution < 1.29 is 18.9 Å². The van der Waals surface area contributed by atoms with Gasteiger partial charge in [-0.1, -0.05) is 0 Å². The lowest BCUT2D eigenvalue weighted by atomic mass is 10.3. The topological polar surface area (TPSA) is 36.9 Å². The third-order valence-corrected chi connectivity index (χ3v) is 1.88. The summed E-state index contributed by atoms with van der Waals surface area (Å²) in [6.07, 6.45) is 0. The molecule has 0 radical (unpaired) electrons. The molecule has 4 heteroatoms. The first-order valence-corrected chi connectivity index (χ1v) is 3.87. The van der Waals surface area contributed by atoms with Crippen LogP contribution in [0.5, 0.6) is 23.0 Å². The lowest BCUT2D eigenvalue weighted by Gasteiger charge is -2.07. The first kappa shape index (κ1) is 8.04. The molecule has 13 heavy (non-hydrogen) atoms. The van der Waals surface area contributed by atoms with Crippen LogP contribution in [0.25, 0.3) is 0 Å². The van der Waals surface area contributed by atoms with E-state index in [1.54, 1.807) is 26.4 Å². The van der Waals surface area contributed by atoms with Gasteiger partial charge in [-0.25, -0.2) is 0 Å². The molecule has 1 heterocycles. The SMILES string of the molecule is COc1cc2c(cc1OC)OCO2. The van der Waals surface area contributed by atoms with Crippen LogP contribution in [0.1, 0.15) is 0 Å². The molecule has 2 rings (SSSR count). The molecule has 0 saturated carbocycles. The maximum Gasteiger partial charge on any atom is 0.231 e. The molecule has 0 saturated heterocycles. The van der Waals surface area contributed by atoms with Crippen LogP contribution in [0, 0.1) is 0 Å². The summed E-state index contributed by atoms with van der Waals surface area (Å²) in [4.78, 5) is 0. The van der Waals surface area contributed by atoms with E-state index in [9.17, 15) is 0 Å². The molecule has 1 aliphatic rings. The molecule has 0 bridgehead atoms. The maximum absolute atomic E-state index is 5.18. The van der Waals surface area contributed by atoms with Gasteiger partial charge >= 0.3 is 0 Å². The highest BCUT2D eigenvalue weighted by atomic mass is 16.7. The van der Waals surface area contributed by atoms with Crippen LogP contribution in [0.3, 0.4) is 0 Å². The van der Waals surface area contributed by atoms with E-state index < -0.39 is 0 Å². The second-order valence-electron chi connectivity index (χ2n) is 2.56. The summed E-state index contributed by atoms with van der Waals surface area (Å²) in [5, 5.41) is 0. The fourth-order valence-corrected chi connectivity index (χ4v) is 1.22. The highest BCUT2D eigenvalue weighted by Gasteiger charge is 2.17. The van der Waals surface area contributed by atoms with Crippen LogP contribution in [-0.4, -0.2) is 21.0 Å². The molecule has 70 valence electrons. The van der Waals surface area contributed by atoms with Crippen LogP contribution in [0.15, 0.2) is 12.1 Å². The van der Waals surface area contributed by atoms with Gasteiger partial charge in [0.25, 0.3) is 0 Å². The smallest absolute Gasteiger partial charge is 0.231 e. The zero-order valence-electron chi connectivity index (χ0n) is 7.49. The largest absolute Gasteiger partial charge is 0.493 e.